The van der Waals surface area contributed by atoms with Gasteiger partial charge in [0.2, 0.25) is 0 Å². The van der Waals surface area contributed by atoms with Crippen LogP contribution in [0, 0.1) is 13.0 Å². The van der Waals surface area contributed by atoms with Crippen molar-refractivity contribution in [3.05, 3.63) is 94.0 Å². The molecule has 0 unspecified atom stereocenters. The highest BCUT2D eigenvalue weighted by Crippen LogP contribution is 2.33. The van der Waals surface area contributed by atoms with Crippen molar-refractivity contribution in [3.8, 4) is 17.1 Å². The Morgan fingerprint density at radius 2 is 1.82 bits per heavy atom. The third-order valence-electron chi connectivity index (χ3n) is 4.77. The Balaban J connectivity index is 1.76. The van der Waals surface area contributed by atoms with E-state index in [1.54, 1.807) is 54.0 Å². The van der Waals surface area contributed by atoms with Gasteiger partial charge in [0.05, 0.1) is 22.6 Å². The molecule has 167 valence electrons. The minimum absolute atomic E-state index is 0.0729. The van der Waals surface area contributed by atoms with Gasteiger partial charge in [0.25, 0.3) is 5.91 Å². The van der Waals surface area contributed by atoms with Crippen LogP contribution in [-0.4, -0.2) is 20.4 Å². The van der Waals surface area contributed by atoms with Gasteiger partial charge in [-0.2, -0.15) is 13.2 Å². The number of aromatic nitrogens is 3. The van der Waals surface area contributed by atoms with Gasteiger partial charge in [-0.25, -0.2) is 9.97 Å². The van der Waals surface area contributed by atoms with Gasteiger partial charge in [-0.3, -0.25) is 9.36 Å². The van der Waals surface area contributed by atoms with Crippen molar-refractivity contribution in [1.82, 2.24) is 14.5 Å². The van der Waals surface area contributed by atoms with E-state index in [1.807, 2.05) is 0 Å². The Morgan fingerprint density at radius 3 is 2.42 bits per heavy atom. The fraction of sp³-hybridized carbons (Fsp3) is 0.0870. The van der Waals surface area contributed by atoms with E-state index in [-0.39, 0.29) is 11.4 Å². The highest BCUT2D eigenvalue weighted by molar-refractivity contribution is 6.36. The molecule has 0 spiro atoms. The minimum atomic E-state index is -4.57. The van der Waals surface area contributed by atoms with Crippen LogP contribution in [0.25, 0.3) is 17.1 Å². The number of anilines is 1. The van der Waals surface area contributed by atoms with E-state index in [4.69, 9.17) is 23.2 Å². The van der Waals surface area contributed by atoms with E-state index in [1.165, 1.54) is 0 Å². The normalized spacial score (nSPS) is 11.5. The van der Waals surface area contributed by atoms with Gasteiger partial charge < -0.3 is 5.32 Å². The van der Waals surface area contributed by atoms with Crippen molar-refractivity contribution in [2.75, 3.05) is 5.32 Å². The number of pyridine rings is 1. The fourth-order valence-electron chi connectivity index (χ4n) is 3.24. The summed E-state index contributed by atoms with van der Waals surface area (Å²) in [5, 5.41) is 3.33. The molecule has 5 nitrogen and oxygen atoms in total. The summed E-state index contributed by atoms with van der Waals surface area (Å²) < 4.78 is 40.0. The first-order valence-corrected chi connectivity index (χ1v) is 10.3. The standard InChI is InChI=1S/C23H14Cl2F3N4O/c1-13-20(22(33)30-15-8-10-19(29-12-15)23(26,27)28)31-21(17-9-7-14(24)11-18(17)25)32(13)16-5-3-2-4-6-16/h3-12H,1H3,(H,30,33). The molecule has 0 aliphatic rings. The van der Waals surface area contributed by atoms with Crippen LogP contribution >= 0.6 is 23.2 Å². The molecule has 0 saturated heterocycles. The monoisotopic (exact) mass is 489 g/mol. The van der Waals surface area contributed by atoms with Gasteiger partial charge >= 0.3 is 6.18 Å². The summed E-state index contributed by atoms with van der Waals surface area (Å²) in [5.41, 5.74) is 0.884. The number of carbonyl (C=O) groups is 1. The Kier molecular flexibility index (Phi) is 6.14. The molecule has 4 rings (SSSR count). The fourth-order valence-corrected chi connectivity index (χ4v) is 3.73. The van der Waals surface area contributed by atoms with E-state index in [0.29, 0.717) is 27.1 Å². The van der Waals surface area contributed by atoms with Crippen molar-refractivity contribution >= 4 is 34.8 Å². The van der Waals surface area contributed by atoms with Gasteiger partial charge in [0, 0.05) is 16.3 Å². The number of nitrogens with zero attached hydrogens (tertiary/aromatic N) is 3. The second kappa shape index (κ2) is 8.88. The highest BCUT2D eigenvalue weighted by Gasteiger charge is 2.32. The molecule has 1 radical (unpaired) electrons. The maximum absolute atomic E-state index is 13.0. The molecule has 33 heavy (non-hydrogen) atoms. The molecule has 0 bridgehead atoms. The molecule has 0 fully saturated rings. The highest BCUT2D eigenvalue weighted by atomic mass is 35.5. The molecule has 2 aromatic carbocycles. The van der Waals surface area contributed by atoms with Gasteiger partial charge in [0.1, 0.15) is 11.5 Å². The van der Waals surface area contributed by atoms with E-state index >= 15 is 0 Å². The smallest absolute Gasteiger partial charge is 0.319 e. The lowest BCUT2D eigenvalue weighted by atomic mass is 10.2. The molecule has 0 saturated carbocycles. The van der Waals surface area contributed by atoms with Crippen LogP contribution < -0.4 is 5.32 Å². The zero-order chi connectivity index (χ0) is 23.8. The molecule has 0 atom stereocenters. The van der Waals surface area contributed by atoms with Crippen LogP contribution in [0.5, 0.6) is 0 Å². The van der Waals surface area contributed by atoms with Crippen LogP contribution in [0.15, 0.2) is 60.8 Å². The van der Waals surface area contributed by atoms with Crippen molar-refractivity contribution in [2.45, 2.75) is 13.1 Å². The van der Waals surface area contributed by atoms with Crippen molar-refractivity contribution in [3.63, 3.8) is 0 Å². The molecule has 1 amide bonds. The molecular weight excluding hydrogens is 476 g/mol. The summed E-state index contributed by atoms with van der Waals surface area (Å²) in [4.78, 5) is 20.9. The first kappa shape index (κ1) is 22.8. The number of benzene rings is 2. The lowest BCUT2D eigenvalue weighted by Gasteiger charge is -2.11. The molecule has 2 aromatic heterocycles. The maximum atomic E-state index is 13.0. The van der Waals surface area contributed by atoms with E-state index < -0.39 is 17.8 Å². The third kappa shape index (κ3) is 4.72. The minimum Gasteiger partial charge on any atom is -0.319 e. The molecule has 1 N–H and O–H groups in total. The zero-order valence-corrected chi connectivity index (χ0v) is 18.4. The van der Waals surface area contributed by atoms with Crippen LogP contribution in [-0.2, 0) is 6.18 Å². The summed E-state index contributed by atoms with van der Waals surface area (Å²) in [7, 11) is 0. The van der Waals surface area contributed by atoms with E-state index in [9.17, 15) is 18.0 Å². The summed E-state index contributed by atoms with van der Waals surface area (Å²) in [5.74, 6) is -0.210. The van der Waals surface area contributed by atoms with Gasteiger partial charge in [-0.15, -0.1) is 0 Å². The number of amides is 1. The second-order valence-corrected chi connectivity index (χ2v) is 7.81. The Morgan fingerprint density at radius 1 is 1.09 bits per heavy atom. The second-order valence-electron chi connectivity index (χ2n) is 6.97. The largest absolute Gasteiger partial charge is 0.433 e. The molecule has 0 aliphatic carbocycles. The molecule has 0 aliphatic heterocycles. The van der Waals surface area contributed by atoms with Crippen LogP contribution in [0.1, 0.15) is 21.9 Å². The average molecular weight is 490 g/mol. The number of alkyl halides is 3. The number of rotatable bonds is 4. The number of imidazole rings is 1. The number of halogens is 5. The maximum Gasteiger partial charge on any atom is 0.433 e. The summed E-state index contributed by atoms with van der Waals surface area (Å²) in [6.45, 7) is 1.71. The molecular formula is C23H14Cl2F3N4O. The molecule has 4 aromatic rings. The van der Waals surface area contributed by atoms with Crippen molar-refractivity contribution in [1.29, 1.82) is 0 Å². The van der Waals surface area contributed by atoms with Gasteiger partial charge in [-0.05, 0) is 55.5 Å². The number of hydrogen-bond acceptors (Lipinski definition) is 3. The summed E-state index contributed by atoms with van der Waals surface area (Å²) in [6.07, 6.45) is -3.63. The molecule has 10 heteroatoms. The predicted molar refractivity (Wildman–Crippen MR) is 120 cm³/mol. The summed E-state index contributed by atoms with van der Waals surface area (Å²) >= 11 is 12.4. The number of carbonyl (C=O) groups excluding carboxylic acids is 1. The Labute approximate surface area is 196 Å². The Bertz CT molecular complexity index is 1320. The first-order valence-electron chi connectivity index (χ1n) is 9.51. The van der Waals surface area contributed by atoms with Gasteiger partial charge in [0.15, 0.2) is 5.69 Å². The predicted octanol–water partition coefficient (Wildman–Crippen LogP) is 6.62. The quantitative estimate of drug-likeness (QED) is 0.350. The zero-order valence-electron chi connectivity index (χ0n) is 16.9. The number of nitrogens with one attached hydrogen (secondary N) is 1. The lowest BCUT2D eigenvalue weighted by molar-refractivity contribution is -0.141. The lowest BCUT2D eigenvalue weighted by Crippen LogP contribution is -2.15. The molecule has 2 heterocycles. The third-order valence-corrected chi connectivity index (χ3v) is 5.31. The summed E-state index contributed by atoms with van der Waals surface area (Å²) in [6, 6.07) is 16.8. The van der Waals surface area contributed by atoms with Crippen LogP contribution in [0.2, 0.25) is 10.0 Å². The first-order chi connectivity index (χ1) is 15.6. The SMILES string of the molecule is Cc1c(C(=O)Nc2ccc(C(F)(F)F)nc2)nc(-c2ccc(Cl)cc2Cl)n1-c1cc[c]cc1. The van der Waals surface area contributed by atoms with E-state index in [2.05, 4.69) is 21.4 Å². The number of hydrogen-bond donors (Lipinski definition) is 1. The van der Waals surface area contributed by atoms with Crippen LogP contribution in [0.4, 0.5) is 18.9 Å². The van der Waals surface area contributed by atoms with Crippen molar-refractivity contribution in [2.24, 2.45) is 0 Å². The Hall–Kier alpha value is -3.36. The van der Waals surface area contributed by atoms with Crippen molar-refractivity contribution < 1.29 is 18.0 Å². The topological polar surface area (TPSA) is 59.8 Å². The average Bonchev–Trinajstić information content (AvgIpc) is 3.11. The van der Waals surface area contributed by atoms with E-state index in [0.717, 1.165) is 24.0 Å². The van der Waals surface area contributed by atoms with Gasteiger partial charge in [-0.1, -0.05) is 35.3 Å². The van der Waals surface area contributed by atoms with Crippen LogP contribution in [0.3, 0.4) is 0 Å².